The van der Waals surface area contributed by atoms with E-state index in [-0.39, 0.29) is 24.0 Å². The summed E-state index contributed by atoms with van der Waals surface area (Å²) in [5.74, 6) is 2.71. The van der Waals surface area contributed by atoms with Crippen molar-refractivity contribution in [1.82, 2.24) is 0 Å². The summed E-state index contributed by atoms with van der Waals surface area (Å²) in [7, 11) is 0. The minimum absolute atomic E-state index is 0. The van der Waals surface area contributed by atoms with Crippen LogP contribution in [0.1, 0.15) is 90.0 Å². The van der Waals surface area contributed by atoms with Crippen molar-refractivity contribution in [3.05, 3.63) is 46.0 Å². The molecule has 2 aromatic carbocycles. The second-order valence-electron chi connectivity index (χ2n) is 12.3. The summed E-state index contributed by atoms with van der Waals surface area (Å²) in [5.41, 5.74) is 3.65. The Morgan fingerprint density at radius 3 is 2.02 bits per heavy atom. The Kier molecular flexibility index (Phi) is 7.81. The Morgan fingerprint density at radius 1 is 0.837 bits per heavy atom. The maximum absolute atomic E-state index is 6.46. The zero-order valence-corrected chi connectivity index (χ0v) is 29.0. The van der Waals surface area contributed by atoms with Crippen molar-refractivity contribution in [2.24, 2.45) is 0 Å². The number of aromatic nitrogens is 1. The second kappa shape index (κ2) is 11.4. The minimum Gasteiger partial charge on any atom is -1.00 e. The maximum atomic E-state index is 6.46. The lowest BCUT2D eigenvalue weighted by molar-refractivity contribution is -0.665. The average Bonchev–Trinajstić information content (AvgIpc) is 3.69. The van der Waals surface area contributed by atoms with Crippen LogP contribution in [0, 0.1) is 0 Å². The lowest BCUT2D eigenvalue weighted by atomic mass is 9.94. The monoisotopic (exact) mass is 730 g/mol. The number of thiazole rings is 1. The number of halogens is 1. The van der Waals surface area contributed by atoms with Gasteiger partial charge in [-0.15, -0.1) is 0 Å². The molecule has 6 nitrogen and oxygen atoms in total. The van der Waals surface area contributed by atoms with Gasteiger partial charge in [0.05, 0.1) is 16.8 Å². The van der Waals surface area contributed by atoms with E-state index < -0.39 is 11.6 Å². The SMILES string of the molecule is CCN1C(=CC(C)=Cc2sc3cc4c(cc3[n+]2CC)OC2(CCCCC2)O4)Sc2cc3c(cc21)OC1(CCCCC1)O3.[I-]. The first-order valence-electron chi connectivity index (χ1n) is 15.8. The molecule has 0 saturated heterocycles. The molecule has 0 radical (unpaired) electrons. The maximum Gasteiger partial charge on any atom is 0.263 e. The Balaban J connectivity index is 0.00000300. The van der Waals surface area contributed by atoms with Gasteiger partial charge in [-0.25, -0.2) is 0 Å². The smallest absolute Gasteiger partial charge is 0.263 e. The first-order chi connectivity index (χ1) is 20.5. The van der Waals surface area contributed by atoms with Gasteiger partial charge in [-0.1, -0.05) is 35.9 Å². The Hall–Kier alpha value is -2.11. The summed E-state index contributed by atoms with van der Waals surface area (Å²) in [6.45, 7) is 8.43. The van der Waals surface area contributed by atoms with E-state index >= 15 is 0 Å². The summed E-state index contributed by atoms with van der Waals surface area (Å²) in [6.07, 6.45) is 15.8. The Labute approximate surface area is 279 Å². The molecule has 1 aromatic heterocycles. The quantitative estimate of drug-likeness (QED) is 0.244. The molecule has 0 bridgehead atoms. The van der Waals surface area contributed by atoms with Crippen LogP contribution in [0.2, 0.25) is 0 Å². The van der Waals surface area contributed by atoms with Crippen molar-refractivity contribution in [3.63, 3.8) is 0 Å². The number of anilines is 1. The van der Waals surface area contributed by atoms with Crippen molar-refractivity contribution >= 4 is 45.1 Å². The molecule has 228 valence electrons. The molecule has 0 unspecified atom stereocenters. The predicted molar refractivity (Wildman–Crippen MR) is 169 cm³/mol. The number of allylic oxidation sites excluding steroid dienone is 2. The molecule has 8 rings (SSSR count). The zero-order valence-electron chi connectivity index (χ0n) is 25.2. The number of thioether (sulfide) groups is 1. The highest BCUT2D eigenvalue weighted by atomic mass is 127. The van der Waals surface area contributed by atoms with Crippen molar-refractivity contribution in [1.29, 1.82) is 0 Å². The van der Waals surface area contributed by atoms with Crippen LogP contribution in [0.5, 0.6) is 23.0 Å². The highest BCUT2D eigenvalue weighted by molar-refractivity contribution is 8.03. The van der Waals surface area contributed by atoms with Crippen LogP contribution in [0.25, 0.3) is 16.3 Å². The largest absolute Gasteiger partial charge is 1.00 e. The number of hydrogen-bond donors (Lipinski definition) is 0. The van der Waals surface area contributed by atoms with Crippen LogP contribution in [0.3, 0.4) is 0 Å². The lowest BCUT2D eigenvalue weighted by Gasteiger charge is -2.31. The van der Waals surface area contributed by atoms with Gasteiger partial charge in [0.15, 0.2) is 23.0 Å². The Bertz CT molecular complexity index is 1630. The Morgan fingerprint density at radius 2 is 1.42 bits per heavy atom. The zero-order chi connectivity index (χ0) is 28.5. The van der Waals surface area contributed by atoms with E-state index in [1.165, 1.54) is 74.9 Å². The molecule has 2 aliphatic carbocycles. The van der Waals surface area contributed by atoms with E-state index in [4.69, 9.17) is 18.9 Å². The first-order valence-corrected chi connectivity index (χ1v) is 17.4. The lowest BCUT2D eigenvalue weighted by Crippen LogP contribution is -3.00. The van der Waals surface area contributed by atoms with E-state index in [9.17, 15) is 0 Å². The molecule has 9 heteroatoms. The number of aryl methyl sites for hydroxylation is 1. The summed E-state index contributed by atoms with van der Waals surface area (Å²) in [4.78, 5) is 3.63. The molecule has 3 aromatic rings. The summed E-state index contributed by atoms with van der Waals surface area (Å²) < 4.78 is 29.4. The average molecular weight is 731 g/mol. The van der Waals surface area contributed by atoms with Crippen LogP contribution < -0.4 is 52.4 Å². The standard InChI is InChI=1S/C34H39N2O4S2.HI/c1-4-35-23-18-25-27(39-33(37-25)12-8-6-9-13-33)20-29(23)41-31(35)16-22(3)17-32-36(5-2)24-19-26-28(21-30(24)42-32)40-34(38-26)14-10-7-11-15-34;/h16-21H,4-15H2,1-3H3;1H/q+1;/p-1. The molecule has 0 amide bonds. The fraction of sp³-hybridized carbons (Fsp3) is 0.500. The van der Waals surface area contributed by atoms with E-state index in [0.717, 1.165) is 61.8 Å². The van der Waals surface area contributed by atoms with Gasteiger partial charge in [0.25, 0.3) is 16.6 Å². The molecule has 0 N–H and O–H groups in total. The third-order valence-corrected chi connectivity index (χ3v) is 11.5. The number of ether oxygens (including phenoxy) is 4. The van der Waals surface area contributed by atoms with Crippen LogP contribution in [-0.2, 0) is 6.54 Å². The molecule has 2 fully saturated rings. The molecular formula is C34H39IN2O4S2. The normalized spacial score (nSPS) is 22.1. The molecule has 3 aliphatic heterocycles. The van der Waals surface area contributed by atoms with Gasteiger partial charge in [0.1, 0.15) is 11.2 Å². The second-order valence-corrected chi connectivity index (χ2v) is 14.4. The van der Waals surface area contributed by atoms with E-state index in [1.807, 2.05) is 23.1 Å². The van der Waals surface area contributed by atoms with Gasteiger partial charge >= 0.3 is 0 Å². The summed E-state index contributed by atoms with van der Waals surface area (Å²) in [6, 6.07) is 8.78. The van der Waals surface area contributed by atoms with Crippen molar-refractivity contribution in [2.75, 3.05) is 11.4 Å². The molecule has 43 heavy (non-hydrogen) atoms. The highest BCUT2D eigenvalue weighted by Crippen LogP contribution is 2.55. The van der Waals surface area contributed by atoms with Gasteiger partial charge in [0.2, 0.25) is 5.52 Å². The van der Waals surface area contributed by atoms with Crippen LogP contribution in [0.15, 0.2) is 45.8 Å². The van der Waals surface area contributed by atoms with Crippen LogP contribution in [0.4, 0.5) is 5.69 Å². The fourth-order valence-electron chi connectivity index (χ4n) is 7.27. The van der Waals surface area contributed by atoms with E-state index in [2.05, 4.69) is 66.7 Å². The fourth-order valence-corrected chi connectivity index (χ4v) is 9.76. The van der Waals surface area contributed by atoms with Gasteiger partial charge < -0.3 is 47.8 Å². The van der Waals surface area contributed by atoms with Crippen LogP contribution >= 0.6 is 23.1 Å². The topological polar surface area (TPSA) is 44.0 Å². The predicted octanol–water partition coefficient (Wildman–Crippen LogP) is 5.95. The van der Waals surface area contributed by atoms with E-state index in [1.54, 1.807) is 0 Å². The van der Waals surface area contributed by atoms with Crippen molar-refractivity contribution in [3.8, 4) is 23.0 Å². The van der Waals surface area contributed by atoms with Crippen LogP contribution in [-0.4, -0.2) is 18.1 Å². The molecule has 2 saturated carbocycles. The molecule has 4 heterocycles. The third-order valence-electron chi connectivity index (χ3n) is 9.34. The number of hydrogen-bond acceptors (Lipinski definition) is 7. The number of nitrogens with zero attached hydrogens (tertiary/aromatic N) is 2. The van der Waals surface area contributed by atoms with Gasteiger partial charge in [0, 0.05) is 61.4 Å². The van der Waals surface area contributed by atoms with Gasteiger partial charge in [-0.3, -0.25) is 0 Å². The summed E-state index contributed by atoms with van der Waals surface area (Å²) >= 11 is 3.65. The third kappa shape index (κ3) is 5.11. The highest BCUT2D eigenvalue weighted by Gasteiger charge is 2.45. The van der Waals surface area contributed by atoms with Crippen molar-refractivity contribution < 1.29 is 47.5 Å². The molecule has 5 aliphatic rings. The number of rotatable bonds is 4. The number of benzene rings is 2. The number of fused-ring (bicyclic) bond motifs is 4. The molecule has 0 atom stereocenters. The first kappa shape index (κ1) is 29.6. The molecule has 2 spiro atoms. The van der Waals surface area contributed by atoms with Gasteiger partial charge in [-0.05, 0) is 58.1 Å². The van der Waals surface area contributed by atoms with Gasteiger partial charge in [-0.2, -0.15) is 4.57 Å². The summed E-state index contributed by atoms with van der Waals surface area (Å²) in [5, 5.41) is 2.47. The van der Waals surface area contributed by atoms with Crippen molar-refractivity contribution in [2.45, 2.75) is 108 Å². The minimum atomic E-state index is -0.441. The molecular weight excluding hydrogens is 691 g/mol. The van der Waals surface area contributed by atoms with E-state index in [0.29, 0.717) is 0 Å².